The Bertz CT molecular complexity index is 965. The lowest BCUT2D eigenvalue weighted by Crippen LogP contribution is -2.04. The average molecular weight is 427 g/mol. The summed E-state index contributed by atoms with van der Waals surface area (Å²) in [4.78, 5) is 13.3. The average Bonchev–Trinajstić information content (AvgIpc) is 2.80. The highest BCUT2D eigenvalue weighted by molar-refractivity contribution is 6.12. The van der Waals surface area contributed by atoms with Crippen LogP contribution < -0.4 is 5.73 Å². The van der Waals surface area contributed by atoms with Crippen molar-refractivity contribution in [1.82, 2.24) is 0 Å². The van der Waals surface area contributed by atoms with E-state index in [9.17, 15) is 0 Å². The molecule has 4 heteroatoms. The third-order valence-corrected chi connectivity index (χ3v) is 4.33. The lowest BCUT2D eigenvalue weighted by molar-refractivity contribution is 1.06. The van der Waals surface area contributed by atoms with E-state index in [1.165, 1.54) is 17.3 Å². The van der Waals surface area contributed by atoms with Crippen LogP contribution in [0.3, 0.4) is 0 Å². The summed E-state index contributed by atoms with van der Waals surface area (Å²) >= 11 is 0. The van der Waals surface area contributed by atoms with Gasteiger partial charge in [0.1, 0.15) is 0 Å². The minimum Gasteiger partial charge on any atom is -0.405 e. The Hall–Kier alpha value is -3.79. The summed E-state index contributed by atoms with van der Waals surface area (Å²) in [5.41, 5.74) is 10.7. The minimum atomic E-state index is 0.640. The number of hydrogen-bond acceptors (Lipinski definition) is 4. The fraction of sp³-hybridized carbons (Fsp3) is 0.179. The normalized spacial score (nSPS) is 15.9. The summed E-state index contributed by atoms with van der Waals surface area (Å²) in [5, 5.41) is 0. The monoisotopic (exact) mass is 426 g/mol. The van der Waals surface area contributed by atoms with Crippen LogP contribution in [0.1, 0.15) is 30.9 Å². The van der Waals surface area contributed by atoms with E-state index in [1.54, 1.807) is 6.21 Å². The third-order valence-electron chi connectivity index (χ3n) is 4.33. The van der Waals surface area contributed by atoms with Crippen LogP contribution in [0.25, 0.3) is 0 Å². The number of aliphatic imine (C=N–C) groups is 3. The molecule has 0 atom stereocenters. The van der Waals surface area contributed by atoms with Gasteiger partial charge < -0.3 is 5.73 Å². The lowest BCUT2D eigenvalue weighted by Gasteiger charge is -2.11. The Kier molecular flexibility index (Phi) is 13.1. The van der Waals surface area contributed by atoms with Crippen LogP contribution in [0.15, 0.2) is 124 Å². The first-order valence-corrected chi connectivity index (χ1v) is 10.5. The molecule has 0 fully saturated rings. The maximum Gasteiger partial charge on any atom is 0.0669 e. The van der Waals surface area contributed by atoms with Gasteiger partial charge in [-0.15, -0.1) is 0 Å². The first kappa shape index (κ1) is 26.2. The smallest absolute Gasteiger partial charge is 0.0669 e. The number of aryl methyl sites for hydroxylation is 1. The summed E-state index contributed by atoms with van der Waals surface area (Å²) in [6.07, 6.45) is 20.4. The molecule has 0 spiro atoms. The number of nitrogens with two attached hydrogens (primary N) is 1. The van der Waals surface area contributed by atoms with E-state index >= 15 is 0 Å². The molecule has 1 aromatic rings. The van der Waals surface area contributed by atoms with Crippen molar-refractivity contribution in [2.45, 2.75) is 33.2 Å². The van der Waals surface area contributed by atoms with Crippen molar-refractivity contribution in [1.29, 1.82) is 0 Å². The van der Waals surface area contributed by atoms with Gasteiger partial charge in [-0.1, -0.05) is 79.4 Å². The van der Waals surface area contributed by atoms with Crippen LogP contribution in [0, 0.1) is 6.92 Å². The van der Waals surface area contributed by atoms with E-state index in [4.69, 9.17) is 4.99 Å². The van der Waals surface area contributed by atoms with Crippen molar-refractivity contribution in [3.05, 3.63) is 120 Å². The molecule has 1 aliphatic carbocycles. The molecule has 32 heavy (non-hydrogen) atoms. The van der Waals surface area contributed by atoms with Gasteiger partial charge in [0.15, 0.2) is 0 Å². The van der Waals surface area contributed by atoms with Crippen molar-refractivity contribution in [2.75, 3.05) is 0 Å². The first-order valence-electron chi connectivity index (χ1n) is 10.5. The molecule has 0 radical (unpaired) electrons. The number of allylic oxidation sites excluding steroid dienone is 9. The molecule has 166 valence electrons. The third kappa shape index (κ3) is 10.3. The largest absolute Gasteiger partial charge is 0.405 e. The molecule has 0 bridgehead atoms. The van der Waals surface area contributed by atoms with Gasteiger partial charge in [0.2, 0.25) is 0 Å². The van der Waals surface area contributed by atoms with E-state index in [0.717, 1.165) is 22.7 Å². The SMILES string of the molecule is C=CN.C=N/C(C/C=C\CC(=C)N=C/C=C\C)=C1/C=CC=CC1=NCc1ccc(C)cc1. The van der Waals surface area contributed by atoms with Gasteiger partial charge in [-0.25, -0.2) is 0 Å². The van der Waals surface area contributed by atoms with E-state index < -0.39 is 0 Å². The van der Waals surface area contributed by atoms with Crippen molar-refractivity contribution < 1.29 is 0 Å². The minimum absolute atomic E-state index is 0.640. The quantitative estimate of drug-likeness (QED) is 0.351. The Morgan fingerprint density at radius 2 is 1.72 bits per heavy atom. The second kappa shape index (κ2) is 16.0. The van der Waals surface area contributed by atoms with Crippen molar-refractivity contribution in [3.63, 3.8) is 0 Å². The van der Waals surface area contributed by atoms with Crippen LogP contribution in [-0.2, 0) is 6.54 Å². The van der Waals surface area contributed by atoms with Gasteiger partial charge in [0, 0.05) is 30.3 Å². The predicted molar refractivity (Wildman–Crippen MR) is 142 cm³/mol. The zero-order valence-electron chi connectivity index (χ0n) is 19.2. The van der Waals surface area contributed by atoms with Gasteiger partial charge in [-0.2, -0.15) is 0 Å². The van der Waals surface area contributed by atoms with Gasteiger partial charge in [0.05, 0.1) is 18.0 Å². The molecule has 0 heterocycles. The van der Waals surface area contributed by atoms with Crippen LogP contribution in [-0.4, -0.2) is 18.6 Å². The van der Waals surface area contributed by atoms with Gasteiger partial charge in [0.25, 0.3) is 0 Å². The Balaban J connectivity index is 0.00000161. The van der Waals surface area contributed by atoms with Crippen LogP contribution in [0.2, 0.25) is 0 Å². The molecule has 1 aromatic carbocycles. The number of rotatable bonds is 9. The topological polar surface area (TPSA) is 63.1 Å². The standard InChI is InChI=1S/C26H29N3.C2H5N/c1-5-6-19-28-22(3)11-7-9-13-25(27-4)24-12-8-10-14-26(24)29-20-23-17-15-21(2)16-18-23;1-2-3/h5-10,12,14-19H,3-4,11,13,20H2,1-2H3;2H,1,3H2/b6-5-,9-7-,25-24-,28-19?,29-26?;. The van der Waals surface area contributed by atoms with Gasteiger partial charge in [-0.3, -0.25) is 15.0 Å². The molecule has 0 amide bonds. The Morgan fingerprint density at radius 3 is 2.38 bits per heavy atom. The molecule has 0 saturated carbocycles. The van der Waals surface area contributed by atoms with Crippen molar-refractivity contribution >= 4 is 18.6 Å². The van der Waals surface area contributed by atoms with E-state index in [0.29, 0.717) is 19.4 Å². The molecule has 0 aliphatic heterocycles. The van der Waals surface area contributed by atoms with E-state index in [-0.39, 0.29) is 0 Å². The summed E-state index contributed by atoms with van der Waals surface area (Å²) < 4.78 is 0. The molecule has 4 nitrogen and oxygen atoms in total. The summed E-state index contributed by atoms with van der Waals surface area (Å²) in [6.45, 7) is 15.5. The summed E-state index contributed by atoms with van der Waals surface area (Å²) in [7, 11) is 0. The number of benzene rings is 1. The van der Waals surface area contributed by atoms with Crippen LogP contribution in [0.5, 0.6) is 0 Å². The number of hydrogen-bond donors (Lipinski definition) is 1. The highest BCUT2D eigenvalue weighted by atomic mass is 14.8. The zero-order valence-corrected chi connectivity index (χ0v) is 19.2. The fourth-order valence-corrected chi connectivity index (χ4v) is 2.69. The fourth-order valence-electron chi connectivity index (χ4n) is 2.69. The maximum atomic E-state index is 4.80. The molecule has 1 aliphatic rings. The summed E-state index contributed by atoms with van der Waals surface area (Å²) in [6, 6.07) is 8.46. The molecule has 2 N–H and O–H groups in total. The highest BCUT2D eigenvalue weighted by Crippen LogP contribution is 2.19. The Labute approximate surface area is 193 Å². The maximum absolute atomic E-state index is 4.80. The van der Waals surface area contributed by atoms with Crippen molar-refractivity contribution in [2.24, 2.45) is 20.7 Å². The van der Waals surface area contributed by atoms with E-state index in [2.05, 4.69) is 78.9 Å². The molecule has 0 saturated heterocycles. The number of nitrogens with zero attached hydrogens (tertiary/aromatic N) is 3. The second-order valence-corrected chi connectivity index (χ2v) is 6.91. The van der Waals surface area contributed by atoms with Crippen molar-refractivity contribution in [3.8, 4) is 0 Å². The highest BCUT2D eigenvalue weighted by Gasteiger charge is 2.09. The molecule has 0 unspecified atom stereocenters. The molecule has 0 aromatic heterocycles. The lowest BCUT2D eigenvalue weighted by atomic mass is 10.0. The Morgan fingerprint density at radius 1 is 1.06 bits per heavy atom. The van der Waals surface area contributed by atoms with Crippen LogP contribution in [0.4, 0.5) is 0 Å². The predicted octanol–water partition coefficient (Wildman–Crippen LogP) is 6.60. The molecular formula is C28H34N4. The van der Waals surface area contributed by atoms with Crippen LogP contribution >= 0.6 is 0 Å². The summed E-state index contributed by atoms with van der Waals surface area (Å²) in [5.74, 6) is 0. The molecule has 2 rings (SSSR count). The first-order chi connectivity index (χ1) is 15.5. The van der Waals surface area contributed by atoms with E-state index in [1.807, 2.05) is 43.4 Å². The van der Waals surface area contributed by atoms with Gasteiger partial charge >= 0.3 is 0 Å². The second-order valence-electron chi connectivity index (χ2n) is 6.91. The van der Waals surface area contributed by atoms with Gasteiger partial charge in [-0.05, 0) is 44.5 Å². The zero-order chi connectivity index (χ0) is 23.6. The molecular weight excluding hydrogens is 392 g/mol.